The summed E-state index contributed by atoms with van der Waals surface area (Å²) in [6.07, 6.45) is 0. The molecule has 0 saturated heterocycles. The molecule has 1 N–H and O–H groups in total. The van der Waals surface area contributed by atoms with Crippen molar-refractivity contribution < 1.29 is 4.74 Å². The van der Waals surface area contributed by atoms with Crippen molar-refractivity contribution in [1.29, 1.82) is 5.41 Å². The van der Waals surface area contributed by atoms with Crippen LogP contribution in [-0.4, -0.2) is 16.4 Å². The van der Waals surface area contributed by atoms with E-state index in [0.29, 0.717) is 0 Å². The SMILES string of the molecule is CC(C)(C)OC(=N)C(C)(C)Cl. The number of nitrogens with one attached hydrogen (secondary N) is 1. The van der Waals surface area contributed by atoms with Gasteiger partial charge in [-0.05, 0) is 34.6 Å². The lowest BCUT2D eigenvalue weighted by atomic mass is 10.1. The van der Waals surface area contributed by atoms with Gasteiger partial charge < -0.3 is 4.74 Å². The smallest absolute Gasteiger partial charge is 0.202 e. The Hall–Kier alpha value is -0.240. The second-order valence-electron chi connectivity index (χ2n) is 4.02. The fourth-order valence-electron chi connectivity index (χ4n) is 0.428. The fraction of sp³-hybridized carbons (Fsp3) is 0.875. The van der Waals surface area contributed by atoms with Gasteiger partial charge in [0.25, 0.3) is 0 Å². The van der Waals surface area contributed by atoms with Gasteiger partial charge in [-0.3, -0.25) is 5.41 Å². The molecule has 0 bridgehead atoms. The van der Waals surface area contributed by atoms with Gasteiger partial charge >= 0.3 is 0 Å². The van der Waals surface area contributed by atoms with E-state index in [9.17, 15) is 0 Å². The maximum atomic E-state index is 7.44. The summed E-state index contributed by atoms with van der Waals surface area (Å²) in [5.74, 6) is 0.117. The Morgan fingerprint density at radius 1 is 1.18 bits per heavy atom. The number of rotatable bonds is 1. The third-order valence-corrected chi connectivity index (χ3v) is 1.12. The van der Waals surface area contributed by atoms with Gasteiger partial charge in [-0.2, -0.15) is 0 Å². The zero-order valence-corrected chi connectivity index (χ0v) is 8.54. The van der Waals surface area contributed by atoms with Gasteiger partial charge in [0.1, 0.15) is 10.5 Å². The van der Waals surface area contributed by atoms with Crippen molar-refractivity contribution in [2.75, 3.05) is 0 Å². The van der Waals surface area contributed by atoms with Crippen molar-refractivity contribution >= 4 is 17.5 Å². The van der Waals surface area contributed by atoms with E-state index in [1.165, 1.54) is 0 Å². The Kier molecular flexibility index (Phi) is 2.95. The van der Waals surface area contributed by atoms with Crippen LogP contribution in [0.4, 0.5) is 0 Å². The second-order valence-corrected chi connectivity index (χ2v) is 4.96. The molecule has 0 spiro atoms. The molecule has 0 aliphatic carbocycles. The van der Waals surface area contributed by atoms with Crippen molar-refractivity contribution in [2.45, 2.75) is 45.1 Å². The molecule has 3 heteroatoms. The lowest BCUT2D eigenvalue weighted by Crippen LogP contribution is -2.33. The van der Waals surface area contributed by atoms with Crippen LogP contribution in [0.15, 0.2) is 0 Å². The highest BCUT2D eigenvalue weighted by Crippen LogP contribution is 2.19. The zero-order valence-electron chi connectivity index (χ0n) is 7.79. The molecule has 0 aromatic heterocycles. The average Bonchev–Trinajstić information content (AvgIpc) is 1.56. The van der Waals surface area contributed by atoms with E-state index in [4.69, 9.17) is 21.7 Å². The van der Waals surface area contributed by atoms with Gasteiger partial charge in [0, 0.05) is 0 Å². The molecule has 0 aromatic carbocycles. The standard InChI is InChI=1S/C8H16ClNO/c1-7(2,3)11-6(10)8(4,5)9/h10H,1-5H3. The van der Waals surface area contributed by atoms with Crippen molar-refractivity contribution in [2.24, 2.45) is 0 Å². The molecule has 0 radical (unpaired) electrons. The van der Waals surface area contributed by atoms with E-state index in [1.54, 1.807) is 13.8 Å². The van der Waals surface area contributed by atoms with Crippen LogP contribution in [0.25, 0.3) is 0 Å². The van der Waals surface area contributed by atoms with Gasteiger partial charge in [0.05, 0.1) is 0 Å². The van der Waals surface area contributed by atoms with Gasteiger partial charge in [0.2, 0.25) is 5.90 Å². The molecule has 66 valence electrons. The summed E-state index contributed by atoms with van der Waals surface area (Å²) in [7, 11) is 0. The molecule has 0 rings (SSSR count). The Bertz CT molecular complexity index is 152. The van der Waals surface area contributed by atoms with Crippen molar-refractivity contribution in [3.8, 4) is 0 Å². The van der Waals surface area contributed by atoms with Crippen LogP contribution in [0, 0.1) is 5.41 Å². The first-order valence-electron chi connectivity index (χ1n) is 3.60. The highest BCUT2D eigenvalue weighted by Gasteiger charge is 2.26. The van der Waals surface area contributed by atoms with Gasteiger partial charge in [-0.1, -0.05) is 0 Å². The molecule has 0 amide bonds. The summed E-state index contributed by atoms with van der Waals surface area (Å²) in [4.78, 5) is -0.701. The third-order valence-electron chi connectivity index (χ3n) is 0.948. The summed E-state index contributed by atoms with van der Waals surface area (Å²) < 4.78 is 5.25. The van der Waals surface area contributed by atoms with Crippen LogP contribution in [0.5, 0.6) is 0 Å². The molecule has 11 heavy (non-hydrogen) atoms. The van der Waals surface area contributed by atoms with Crippen molar-refractivity contribution in [1.82, 2.24) is 0 Å². The lowest BCUT2D eigenvalue weighted by molar-refractivity contribution is 0.107. The first-order chi connectivity index (χ1) is 4.63. The van der Waals surface area contributed by atoms with Gasteiger partial charge in [0.15, 0.2) is 0 Å². The van der Waals surface area contributed by atoms with E-state index in [1.807, 2.05) is 20.8 Å². The van der Waals surface area contributed by atoms with Crippen LogP contribution in [0.3, 0.4) is 0 Å². The fourth-order valence-corrected chi connectivity index (χ4v) is 0.466. The number of halogens is 1. The molecular weight excluding hydrogens is 162 g/mol. The lowest BCUT2D eigenvalue weighted by Gasteiger charge is -2.26. The zero-order chi connectivity index (χ0) is 9.28. The molecule has 0 saturated carbocycles. The largest absolute Gasteiger partial charge is 0.474 e. The molecular formula is C8H16ClNO. The molecule has 0 aliphatic rings. The first kappa shape index (κ1) is 10.8. The summed E-state index contributed by atoms with van der Waals surface area (Å²) >= 11 is 5.84. The second kappa shape index (κ2) is 3.02. The molecule has 0 aromatic rings. The van der Waals surface area contributed by atoms with Gasteiger partial charge in [-0.15, -0.1) is 11.6 Å². The van der Waals surface area contributed by atoms with Crippen molar-refractivity contribution in [3.05, 3.63) is 0 Å². The van der Waals surface area contributed by atoms with E-state index in [0.717, 1.165) is 0 Å². The monoisotopic (exact) mass is 177 g/mol. The van der Waals surface area contributed by atoms with E-state index in [-0.39, 0.29) is 11.5 Å². The molecule has 0 fully saturated rings. The summed E-state index contributed by atoms with van der Waals surface area (Å²) in [5, 5.41) is 7.44. The average molecular weight is 178 g/mol. The van der Waals surface area contributed by atoms with E-state index in [2.05, 4.69) is 0 Å². The normalized spacial score (nSPS) is 12.9. The number of hydrogen-bond acceptors (Lipinski definition) is 2. The summed E-state index contributed by atoms with van der Waals surface area (Å²) in [6.45, 7) is 9.16. The maximum absolute atomic E-state index is 7.44. The molecule has 0 aliphatic heterocycles. The molecule has 0 heterocycles. The highest BCUT2D eigenvalue weighted by atomic mass is 35.5. The number of hydrogen-bond donors (Lipinski definition) is 1. The van der Waals surface area contributed by atoms with Gasteiger partial charge in [-0.25, -0.2) is 0 Å². The van der Waals surface area contributed by atoms with Crippen molar-refractivity contribution in [3.63, 3.8) is 0 Å². The predicted molar refractivity (Wildman–Crippen MR) is 48.5 cm³/mol. The predicted octanol–water partition coefficient (Wildman–Crippen LogP) is 2.80. The Morgan fingerprint density at radius 3 is 1.64 bits per heavy atom. The Morgan fingerprint density at radius 2 is 1.55 bits per heavy atom. The maximum Gasteiger partial charge on any atom is 0.202 e. The summed E-state index contributed by atoms with van der Waals surface area (Å²) in [5.41, 5.74) is -0.330. The van der Waals surface area contributed by atoms with E-state index < -0.39 is 4.87 Å². The minimum Gasteiger partial charge on any atom is -0.474 e. The van der Waals surface area contributed by atoms with Crippen LogP contribution in [-0.2, 0) is 4.74 Å². The number of alkyl halides is 1. The minimum absolute atomic E-state index is 0.117. The number of ether oxygens (including phenoxy) is 1. The molecule has 2 nitrogen and oxygen atoms in total. The Balaban J connectivity index is 4.11. The molecule has 0 atom stereocenters. The highest BCUT2D eigenvalue weighted by molar-refractivity contribution is 6.33. The first-order valence-corrected chi connectivity index (χ1v) is 3.98. The third kappa shape index (κ3) is 5.08. The molecule has 0 unspecified atom stereocenters. The van der Waals surface area contributed by atoms with E-state index >= 15 is 0 Å². The summed E-state index contributed by atoms with van der Waals surface area (Å²) in [6, 6.07) is 0. The quantitative estimate of drug-likeness (QED) is 0.373. The van der Waals surface area contributed by atoms with Crippen LogP contribution >= 0.6 is 11.6 Å². The Labute approximate surface area is 73.4 Å². The van der Waals surface area contributed by atoms with Crippen LogP contribution in [0.2, 0.25) is 0 Å². The topological polar surface area (TPSA) is 33.1 Å². The van der Waals surface area contributed by atoms with Crippen LogP contribution in [0.1, 0.15) is 34.6 Å². The minimum atomic E-state index is -0.701. The van der Waals surface area contributed by atoms with Crippen LogP contribution < -0.4 is 0 Å².